The van der Waals surface area contributed by atoms with E-state index in [1.54, 1.807) is 0 Å². The summed E-state index contributed by atoms with van der Waals surface area (Å²) in [7, 11) is 2.52. The van der Waals surface area contributed by atoms with Gasteiger partial charge in [-0.3, -0.25) is 9.59 Å². The highest BCUT2D eigenvalue weighted by molar-refractivity contribution is 6.08. The van der Waals surface area contributed by atoms with Gasteiger partial charge in [0, 0.05) is 19.8 Å². The molecule has 0 aliphatic heterocycles. The van der Waals surface area contributed by atoms with Crippen molar-refractivity contribution in [1.29, 1.82) is 0 Å². The number of Topliss-reactive ketones (excluding diaryl/α,β-unsaturated/α-hetero) is 2. The van der Waals surface area contributed by atoms with Crippen LogP contribution in [0.3, 0.4) is 0 Å². The van der Waals surface area contributed by atoms with Crippen LogP contribution < -0.4 is 0 Å². The number of benzene rings is 1. The smallest absolute Gasteiger partial charge is 0.217 e. The highest BCUT2D eigenvalue weighted by Gasteiger charge is 2.21. The van der Waals surface area contributed by atoms with E-state index in [2.05, 4.69) is 9.47 Å². The molecule has 0 spiro atoms. The van der Waals surface area contributed by atoms with Crippen LogP contribution >= 0.6 is 0 Å². The maximum atomic E-state index is 12.9. The Labute approximate surface area is 103 Å². The molecular weight excluding hydrogens is 246 g/mol. The van der Waals surface area contributed by atoms with Crippen LogP contribution in [0.2, 0.25) is 0 Å². The van der Waals surface area contributed by atoms with E-state index in [0.717, 1.165) is 18.2 Å². The Bertz CT molecular complexity index is 455. The van der Waals surface area contributed by atoms with Gasteiger partial charge in [0.1, 0.15) is 0 Å². The first-order valence-electron chi connectivity index (χ1n) is 5.06. The van der Waals surface area contributed by atoms with Crippen molar-refractivity contribution < 1.29 is 27.8 Å². The van der Waals surface area contributed by atoms with Gasteiger partial charge in [0.05, 0.1) is 6.42 Å². The van der Waals surface area contributed by atoms with Crippen LogP contribution in [0.5, 0.6) is 0 Å². The molecule has 0 aromatic heterocycles. The first-order chi connectivity index (χ1) is 8.49. The molecule has 0 saturated heterocycles. The average Bonchev–Trinajstić information content (AvgIpc) is 2.34. The quantitative estimate of drug-likeness (QED) is 0.443. The van der Waals surface area contributed by atoms with Gasteiger partial charge in [-0.2, -0.15) is 0 Å². The molecule has 98 valence electrons. The normalized spacial score (nSPS) is 10.7. The summed E-state index contributed by atoms with van der Waals surface area (Å²) >= 11 is 0. The number of methoxy groups -OCH3 is 2. The zero-order valence-electron chi connectivity index (χ0n) is 9.91. The van der Waals surface area contributed by atoms with Gasteiger partial charge in [-0.05, 0) is 18.2 Å². The molecule has 4 nitrogen and oxygen atoms in total. The van der Waals surface area contributed by atoms with Crippen molar-refractivity contribution in [3.05, 3.63) is 35.4 Å². The Hall–Kier alpha value is -1.66. The largest absolute Gasteiger partial charge is 0.349 e. The predicted octanol–water partition coefficient (Wildman–Crippen LogP) is 1.73. The number of hydrogen-bond donors (Lipinski definition) is 0. The Morgan fingerprint density at radius 1 is 1.17 bits per heavy atom. The van der Waals surface area contributed by atoms with Crippen molar-refractivity contribution in [2.75, 3.05) is 14.2 Å². The molecule has 1 aromatic rings. The van der Waals surface area contributed by atoms with E-state index >= 15 is 0 Å². The van der Waals surface area contributed by atoms with E-state index < -0.39 is 35.9 Å². The molecule has 0 heterocycles. The van der Waals surface area contributed by atoms with E-state index in [1.807, 2.05) is 0 Å². The third kappa shape index (κ3) is 3.41. The van der Waals surface area contributed by atoms with Crippen LogP contribution in [0.1, 0.15) is 16.8 Å². The van der Waals surface area contributed by atoms with Crippen molar-refractivity contribution >= 4 is 11.6 Å². The highest BCUT2D eigenvalue weighted by atomic mass is 19.2. The van der Waals surface area contributed by atoms with Crippen LogP contribution in [0.25, 0.3) is 0 Å². The summed E-state index contributed by atoms with van der Waals surface area (Å²) < 4.78 is 34.9. The molecule has 18 heavy (non-hydrogen) atoms. The topological polar surface area (TPSA) is 52.6 Å². The minimum absolute atomic E-state index is 0.0757. The third-order valence-electron chi connectivity index (χ3n) is 2.27. The number of ketones is 2. The standard InChI is InChI=1S/C12H12F2O4/c1-17-12(18-2)11(16)6-10(15)7-3-4-8(13)9(14)5-7/h3-5,12H,6H2,1-2H3. The molecule has 0 unspecified atom stereocenters. The molecule has 0 aliphatic rings. The minimum Gasteiger partial charge on any atom is -0.349 e. The lowest BCUT2D eigenvalue weighted by atomic mass is 10.1. The Balaban J connectivity index is 2.76. The van der Waals surface area contributed by atoms with Crippen LogP contribution in [0.15, 0.2) is 18.2 Å². The molecule has 0 bridgehead atoms. The fourth-order valence-corrected chi connectivity index (χ4v) is 1.37. The van der Waals surface area contributed by atoms with E-state index in [-0.39, 0.29) is 5.56 Å². The lowest BCUT2D eigenvalue weighted by Crippen LogP contribution is -2.27. The van der Waals surface area contributed by atoms with E-state index in [9.17, 15) is 18.4 Å². The molecule has 0 N–H and O–H groups in total. The number of hydrogen-bond acceptors (Lipinski definition) is 4. The van der Waals surface area contributed by atoms with E-state index in [4.69, 9.17) is 0 Å². The van der Waals surface area contributed by atoms with E-state index in [1.165, 1.54) is 14.2 Å². The lowest BCUT2D eigenvalue weighted by molar-refractivity contribution is -0.155. The second-order valence-electron chi connectivity index (χ2n) is 3.50. The fourth-order valence-electron chi connectivity index (χ4n) is 1.37. The number of rotatable bonds is 6. The van der Waals surface area contributed by atoms with Crippen LogP contribution in [0, 0.1) is 11.6 Å². The second kappa shape index (κ2) is 6.32. The molecule has 0 aliphatic carbocycles. The molecule has 1 rings (SSSR count). The van der Waals surface area contributed by atoms with Gasteiger partial charge in [-0.25, -0.2) is 8.78 Å². The predicted molar refractivity (Wildman–Crippen MR) is 58.1 cm³/mol. The molecular formula is C12H12F2O4. The number of ether oxygens (including phenoxy) is 2. The van der Waals surface area contributed by atoms with Gasteiger partial charge >= 0.3 is 0 Å². The number of halogens is 2. The van der Waals surface area contributed by atoms with Gasteiger partial charge in [-0.1, -0.05) is 0 Å². The number of carbonyl (C=O) groups is 2. The third-order valence-corrected chi connectivity index (χ3v) is 2.27. The van der Waals surface area contributed by atoms with Crippen molar-refractivity contribution in [2.24, 2.45) is 0 Å². The molecule has 0 atom stereocenters. The second-order valence-corrected chi connectivity index (χ2v) is 3.50. The Morgan fingerprint density at radius 3 is 2.28 bits per heavy atom. The Kier molecular flexibility index (Phi) is 5.06. The van der Waals surface area contributed by atoms with Gasteiger partial charge in [0.25, 0.3) is 0 Å². The summed E-state index contributed by atoms with van der Waals surface area (Å²) in [5, 5.41) is 0. The van der Waals surface area contributed by atoms with Gasteiger partial charge < -0.3 is 9.47 Å². The highest BCUT2D eigenvalue weighted by Crippen LogP contribution is 2.11. The molecule has 1 aromatic carbocycles. The average molecular weight is 258 g/mol. The summed E-state index contributed by atoms with van der Waals surface area (Å²) in [6, 6.07) is 2.69. The van der Waals surface area contributed by atoms with E-state index in [0.29, 0.717) is 0 Å². The zero-order valence-corrected chi connectivity index (χ0v) is 9.91. The summed E-state index contributed by atoms with van der Waals surface area (Å²) in [5.41, 5.74) is -0.0757. The van der Waals surface area contributed by atoms with Gasteiger partial charge in [0.15, 0.2) is 23.2 Å². The summed E-state index contributed by atoms with van der Waals surface area (Å²) in [6.07, 6.45) is -1.64. The maximum Gasteiger partial charge on any atom is 0.217 e. The summed E-state index contributed by atoms with van der Waals surface area (Å²) in [6.45, 7) is 0. The fraction of sp³-hybridized carbons (Fsp3) is 0.333. The first kappa shape index (κ1) is 14.4. The van der Waals surface area contributed by atoms with Crippen molar-refractivity contribution in [3.8, 4) is 0 Å². The van der Waals surface area contributed by atoms with Crippen molar-refractivity contribution in [3.63, 3.8) is 0 Å². The number of carbonyl (C=O) groups excluding carboxylic acids is 2. The lowest BCUT2D eigenvalue weighted by Gasteiger charge is -2.11. The minimum atomic E-state index is -1.14. The van der Waals surface area contributed by atoms with Crippen molar-refractivity contribution in [2.45, 2.75) is 12.7 Å². The first-order valence-corrected chi connectivity index (χ1v) is 5.06. The summed E-state index contributed by atoms with van der Waals surface area (Å²) in [5.74, 6) is -3.40. The molecule has 0 fully saturated rings. The van der Waals surface area contributed by atoms with Crippen LogP contribution in [-0.2, 0) is 14.3 Å². The monoisotopic (exact) mass is 258 g/mol. The maximum absolute atomic E-state index is 12.9. The van der Waals surface area contributed by atoms with Crippen LogP contribution in [-0.4, -0.2) is 32.1 Å². The molecule has 6 heteroatoms. The summed E-state index contributed by atoms with van der Waals surface area (Å²) in [4.78, 5) is 23.1. The SMILES string of the molecule is COC(OC)C(=O)CC(=O)c1ccc(F)c(F)c1. The van der Waals surface area contributed by atoms with Gasteiger partial charge in [0.2, 0.25) is 6.29 Å². The Morgan fingerprint density at radius 2 is 1.78 bits per heavy atom. The van der Waals surface area contributed by atoms with Gasteiger partial charge in [-0.15, -0.1) is 0 Å². The van der Waals surface area contributed by atoms with Crippen LogP contribution in [0.4, 0.5) is 8.78 Å². The zero-order chi connectivity index (χ0) is 13.7. The van der Waals surface area contributed by atoms with Crippen molar-refractivity contribution in [1.82, 2.24) is 0 Å². The molecule has 0 saturated carbocycles. The molecule has 0 radical (unpaired) electrons. The molecule has 0 amide bonds.